The van der Waals surface area contributed by atoms with E-state index in [1.165, 1.54) is 49.6 Å². The Balaban J connectivity index is 1.28. The molecule has 0 unspecified atom stereocenters. The molecule has 5 rings (SSSR count). The molecule has 0 radical (unpaired) electrons. The Morgan fingerprint density at radius 2 is 1.37 bits per heavy atom. The highest BCUT2D eigenvalue weighted by Gasteiger charge is 2.35. The smallest absolute Gasteiger partial charge is 0.0430 e. The third kappa shape index (κ3) is 4.54. The van der Waals surface area contributed by atoms with Crippen molar-refractivity contribution in [2.45, 2.75) is 45.4 Å². The van der Waals surface area contributed by atoms with E-state index in [1.807, 2.05) is 0 Å². The predicted molar refractivity (Wildman–Crippen MR) is 167 cm³/mol. The van der Waals surface area contributed by atoms with Gasteiger partial charge < -0.3 is 5.32 Å². The maximum atomic E-state index is 4.44. The van der Waals surface area contributed by atoms with E-state index >= 15 is 0 Å². The zero-order valence-electron chi connectivity index (χ0n) is 23.2. The molecule has 1 aliphatic rings. The van der Waals surface area contributed by atoms with Gasteiger partial charge in [0.2, 0.25) is 0 Å². The summed E-state index contributed by atoms with van der Waals surface area (Å²) in [6, 6.07) is 26.1. The van der Waals surface area contributed by atoms with Gasteiger partial charge in [-0.05, 0) is 62.9 Å². The molecule has 1 aliphatic heterocycles. The van der Waals surface area contributed by atoms with Crippen LogP contribution in [0.3, 0.4) is 0 Å². The van der Waals surface area contributed by atoms with Crippen LogP contribution < -0.4 is 5.32 Å². The fourth-order valence-corrected chi connectivity index (χ4v) is 5.83. The molecule has 0 atom stereocenters. The first kappa shape index (κ1) is 25.5. The van der Waals surface area contributed by atoms with Crippen LogP contribution in [0, 0.1) is 6.92 Å². The third-order valence-corrected chi connectivity index (χ3v) is 8.07. The Morgan fingerprint density at radius 3 is 2.13 bits per heavy atom. The lowest BCUT2D eigenvalue weighted by Crippen LogP contribution is -2.20. The predicted octanol–water partition coefficient (Wildman–Crippen LogP) is 10.1. The third-order valence-electron chi connectivity index (χ3n) is 8.07. The number of hydrogen-bond donors (Lipinski definition) is 1. The first-order chi connectivity index (χ1) is 18.2. The summed E-state index contributed by atoms with van der Waals surface area (Å²) in [7, 11) is 0. The fourth-order valence-electron chi connectivity index (χ4n) is 5.83. The summed E-state index contributed by atoms with van der Waals surface area (Å²) in [5.41, 5.74) is 7.28. The van der Waals surface area contributed by atoms with E-state index in [9.17, 15) is 0 Å². The van der Waals surface area contributed by atoms with Crippen LogP contribution in [-0.4, -0.2) is 0 Å². The van der Waals surface area contributed by atoms with Gasteiger partial charge in [0.05, 0.1) is 0 Å². The molecule has 1 nitrogen and oxygen atoms in total. The number of nitrogens with one attached hydrogen (secondary N) is 1. The van der Waals surface area contributed by atoms with Gasteiger partial charge in [0, 0.05) is 22.2 Å². The number of anilines is 1. The molecule has 4 aromatic rings. The quantitative estimate of drug-likeness (QED) is 0.262. The monoisotopic (exact) mass is 495 g/mol. The molecule has 0 spiro atoms. The Kier molecular flexibility index (Phi) is 6.71. The van der Waals surface area contributed by atoms with Crippen LogP contribution in [-0.2, 0) is 10.8 Å². The molecule has 0 fully saturated rings. The summed E-state index contributed by atoms with van der Waals surface area (Å²) in [6.45, 7) is 15.8. The molecule has 0 aromatic heterocycles. The standard InChI is InChI=1S/C37H37N/c1-26-22-23-28-17-12-14-19-30(28)34(26)36(3,4)27(2)16-10-8-7-9-11-21-33-37(5,6)35-31-20-15-13-18-29(31)24-25-32(35)38-33/h7-25,38H,2H2,1,3-6H3/b8-7+,11-9+,16-10+,33-21-. The van der Waals surface area contributed by atoms with Gasteiger partial charge in [-0.1, -0.05) is 137 Å². The largest absolute Gasteiger partial charge is 0.358 e. The van der Waals surface area contributed by atoms with Crippen LogP contribution >= 0.6 is 0 Å². The zero-order chi connectivity index (χ0) is 26.9. The van der Waals surface area contributed by atoms with E-state index in [1.54, 1.807) is 0 Å². The van der Waals surface area contributed by atoms with Gasteiger partial charge in [0.15, 0.2) is 0 Å². The number of rotatable bonds is 6. The second-order valence-corrected chi connectivity index (χ2v) is 11.3. The maximum Gasteiger partial charge on any atom is 0.0430 e. The molecule has 0 saturated carbocycles. The fraction of sp³-hybridized carbons (Fsp3) is 0.189. The molecule has 1 heteroatoms. The molecular formula is C37H37N. The molecule has 4 aromatic carbocycles. The molecule has 190 valence electrons. The lowest BCUT2D eigenvalue weighted by atomic mass is 9.74. The average Bonchev–Trinajstić information content (AvgIpc) is 3.17. The number of hydrogen-bond acceptors (Lipinski definition) is 1. The van der Waals surface area contributed by atoms with Crippen molar-refractivity contribution >= 4 is 27.2 Å². The van der Waals surface area contributed by atoms with Gasteiger partial charge in [-0.2, -0.15) is 0 Å². The van der Waals surface area contributed by atoms with Crippen LogP contribution in [0.4, 0.5) is 5.69 Å². The van der Waals surface area contributed by atoms with Gasteiger partial charge in [0.1, 0.15) is 0 Å². The molecule has 38 heavy (non-hydrogen) atoms. The molecule has 0 amide bonds. The van der Waals surface area contributed by atoms with Gasteiger partial charge in [0.25, 0.3) is 0 Å². The lowest BCUT2D eigenvalue weighted by Gasteiger charge is -2.29. The zero-order valence-corrected chi connectivity index (χ0v) is 23.2. The lowest BCUT2D eigenvalue weighted by molar-refractivity contribution is 0.643. The molecule has 0 bridgehead atoms. The molecule has 0 aliphatic carbocycles. The van der Waals surface area contributed by atoms with Crippen molar-refractivity contribution in [1.29, 1.82) is 0 Å². The van der Waals surface area contributed by atoms with Crippen LogP contribution in [0.25, 0.3) is 21.5 Å². The number of benzene rings is 4. The van der Waals surface area contributed by atoms with E-state index in [0.717, 1.165) is 5.57 Å². The van der Waals surface area contributed by atoms with Gasteiger partial charge in [-0.3, -0.25) is 0 Å². The topological polar surface area (TPSA) is 12.0 Å². The average molecular weight is 496 g/mol. The highest BCUT2D eigenvalue weighted by atomic mass is 15.0. The van der Waals surface area contributed by atoms with Gasteiger partial charge in [-0.25, -0.2) is 0 Å². The molecule has 0 saturated heterocycles. The van der Waals surface area contributed by atoms with Crippen LogP contribution in [0.5, 0.6) is 0 Å². The number of aryl methyl sites for hydroxylation is 1. The van der Waals surface area contributed by atoms with Crippen molar-refractivity contribution in [3.05, 3.63) is 150 Å². The second-order valence-electron chi connectivity index (χ2n) is 11.3. The van der Waals surface area contributed by atoms with Crippen molar-refractivity contribution in [1.82, 2.24) is 0 Å². The summed E-state index contributed by atoms with van der Waals surface area (Å²) in [4.78, 5) is 0. The molecule has 1 N–H and O–H groups in total. The SMILES string of the molecule is C=C(/C=C/C=C/C=C/C=C1\Nc2ccc3ccccc3c2C1(C)C)C(C)(C)c1c(C)ccc2ccccc12. The van der Waals surface area contributed by atoms with Crippen LogP contribution in [0.2, 0.25) is 0 Å². The normalized spacial score (nSPS) is 16.3. The Bertz CT molecular complexity index is 1650. The van der Waals surface area contributed by atoms with E-state index in [0.29, 0.717) is 0 Å². The van der Waals surface area contributed by atoms with E-state index in [-0.39, 0.29) is 10.8 Å². The van der Waals surface area contributed by atoms with Gasteiger partial charge >= 0.3 is 0 Å². The highest BCUT2D eigenvalue weighted by Crippen LogP contribution is 2.46. The number of fused-ring (bicyclic) bond motifs is 4. The van der Waals surface area contributed by atoms with E-state index < -0.39 is 0 Å². The van der Waals surface area contributed by atoms with Crippen molar-refractivity contribution in [2.24, 2.45) is 0 Å². The van der Waals surface area contributed by atoms with Crippen molar-refractivity contribution < 1.29 is 0 Å². The first-order valence-electron chi connectivity index (χ1n) is 13.4. The summed E-state index contributed by atoms with van der Waals surface area (Å²) in [5.74, 6) is 0. The van der Waals surface area contributed by atoms with Crippen molar-refractivity contribution in [3.8, 4) is 0 Å². The van der Waals surface area contributed by atoms with Crippen LogP contribution in [0.15, 0.2) is 133 Å². The van der Waals surface area contributed by atoms with Crippen molar-refractivity contribution in [2.75, 3.05) is 5.32 Å². The minimum atomic E-state index is -0.172. The first-order valence-corrected chi connectivity index (χ1v) is 13.4. The van der Waals surface area contributed by atoms with Crippen LogP contribution in [0.1, 0.15) is 44.4 Å². The highest BCUT2D eigenvalue weighted by molar-refractivity contribution is 5.94. The van der Waals surface area contributed by atoms with E-state index in [2.05, 4.69) is 162 Å². The molecular weight excluding hydrogens is 458 g/mol. The Labute approximate surface area is 227 Å². The summed E-state index contributed by atoms with van der Waals surface area (Å²) < 4.78 is 0. The number of allylic oxidation sites excluding steroid dienone is 9. The minimum Gasteiger partial charge on any atom is -0.358 e. The summed E-state index contributed by atoms with van der Waals surface area (Å²) >= 11 is 0. The summed E-state index contributed by atoms with van der Waals surface area (Å²) in [6.07, 6.45) is 14.7. The Morgan fingerprint density at radius 1 is 0.763 bits per heavy atom. The minimum absolute atomic E-state index is 0.0762. The maximum absolute atomic E-state index is 4.44. The van der Waals surface area contributed by atoms with Crippen molar-refractivity contribution in [3.63, 3.8) is 0 Å². The molecule has 1 heterocycles. The summed E-state index contributed by atoms with van der Waals surface area (Å²) in [5, 5.41) is 8.82. The van der Waals surface area contributed by atoms with Gasteiger partial charge in [-0.15, -0.1) is 0 Å². The van der Waals surface area contributed by atoms with E-state index in [4.69, 9.17) is 0 Å². The second kappa shape index (κ2) is 9.99. The Hall–Kier alpha value is -4.10.